The quantitative estimate of drug-likeness (QED) is 0.633. The Morgan fingerprint density at radius 1 is 1.45 bits per heavy atom. The van der Waals surface area contributed by atoms with Crippen molar-refractivity contribution < 1.29 is 14.4 Å². The van der Waals surface area contributed by atoms with Crippen LogP contribution in [0.15, 0.2) is 34.9 Å². The van der Waals surface area contributed by atoms with Gasteiger partial charge in [-0.05, 0) is 29.2 Å². The molecular weight excluding hydrogens is 330 g/mol. The Labute approximate surface area is 122 Å². The second-order valence-corrected chi connectivity index (χ2v) is 5.21. The number of nitrogens with zero attached hydrogens (tertiary/aromatic N) is 3. The van der Waals surface area contributed by atoms with Gasteiger partial charge in [0, 0.05) is 9.46 Å². The van der Waals surface area contributed by atoms with Gasteiger partial charge >= 0.3 is 11.8 Å². The van der Waals surface area contributed by atoms with Gasteiger partial charge in [0.1, 0.15) is 18.6 Å². The molecule has 104 valence electrons. The molecule has 0 fully saturated rings. The van der Waals surface area contributed by atoms with E-state index in [9.17, 15) is 10.1 Å². The summed E-state index contributed by atoms with van der Waals surface area (Å²) >= 11 is 3.35. The normalized spacial score (nSPS) is 17.1. The maximum Gasteiger partial charge on any atom is 0.414 e. The molecule has 8 heteroatoms. The van der Waals surface area contributed by atoms with Crippen molar-refractivity contribution in [3.63, 3.8) is 0 Å². The Hall–Kier alpha value is -2.09. The first kappa shape index (κ1) is 12.9. The van der Waals surface area contributed by atoms with Gasteiger partial charge in [-0.25, -0.2) is 0 Å². The molecule has 20 heavy (non-hydrogen) atoms. The lowest BCUT2D eigenvalue weighted by Gasteiger charge is -2.23. The summed E-state index contributed by atoms with van der Waals surface area (Å²) in [5.41, 5.74) is 0. The van der Waals surface area contributed by atoms with Crippen molar-refractivity contribution in [3.8, 4) is 11.8 Å². The van der Waals surface area contributed by atoms with Crippen LogP contribution < -0.4 is 9.47 Å². The molecule has 2 aromatic rings. The maximum absolute atomic E-state index is 10.7. The van der Waals surface area contributed by atoms with Gasteiger partial charge in [-0.2, -0.15) is 0 Å². The summed E-state index contributed by atoms with van der Waals surface area (Å²) in [6, 6.07) is 7.71. The van der Waals surface area contributed by atoms with E-state index in [1.807, 2.05) is 24.3 Å². The van der Waals surface area contributed by atoms with Crippen molar-refractivity contribution in [2.45, 2.75) is 12.6 Å². The van der Waals surface area contributed by atoms with E-state index in [0.29, 0.717) is 13.2 Å². The molecule has 1 aromatic carbocycles. The number of hydrogen-bond acceptors (Lipinski definition) is 5. The van der Waals surface area contributed by atoms with E-state index in [2.05, 4.69) is 20.9 Å². The highest BCUT2D eigenvalue weighted by atomic mass is 79.9. The lowest BCUT2D eigenvalue weighted by molar-refractivity contribution is -0.389. The summed E-state index contributed by atoms with van der Waals surface area (Å²) in [4.78, 5) is 13.9. The standard InChI is InChI=1S/C12H10BrN3O4/c13-8-1-3-9(4-2-8)20-10-5-15-6-11(16(17)18)14-12(15)19-7-10/h1-4,6,10H,5,7H2/t10-/m0/s1. The molecule has 0 bridgehead atoms. The molecule has 0 unspecified atom stereocenters. The molecule has 2 heterocycles. The molecule has 7 nitrogen and oxygen atoms in total. The molecular formula is C12H10BrN3O4. The van der Waals surface area contributed by atoms with Crippen LogP contribution in [-0.4, -0.2) is 27.2 Å². The van der Waals surface area contributed by atoms with E-state index in [4.69, 9.17) is 9.47 Å². The highest BCUT2D eigenvalue weighted by Crippen LogP contribution is 2.24. The van der Waals surface area contributed by atoms with Crippen molar-refractivity contribution in [3.05, 3.63) is 45.0 Å². The molecule has 0 amide bonds. The zero-order valence-electron chi connectivity index (χ0n) is 10.2. The minimum Gasteiger partial charge on any atom is -0.485 e. The van der Waals surface area contributed by atoms with E-state index in [1.54, 1.807) is 4.57 Å². The van der Waals surface area contributed by atoms with Crippen LogP contribution in [0.4, 0.5) is 5.82 Å². The number of hydrogen-bond donors (Lipinski definition) is 0. The summed E-state index contributed by atoms with van der Waals surface area (Å²) in [5.74, 6) is 0.504. The number of halogens is 1. The zero-order valence-corrected chi connectivity index (χ0v) is 11.8. The maximum atomic E-state index is 10.7. The third-order valence-corrected chi connectivity index (χ3v) is 3.36. The summed E-state index contributed by atoms with van der Waals surface area (Å²) in [6.07, 6.45) is 1.14. The van der Waals surface area contributed by atoms with Gasteiger partial charge in [0.2, 0.25) is 0 Å². The van der Waals surface area contributed by atoms with Gasteiger partial charge in [-0.1, -0.05) is 15.9 Å². The SMILES string of the molecule is O=[N+]([O-])c1cn2c(n1)OC[C@@H](Oc1ccc(Br)cc1)C2. The van der Waals surface area contributed by atoms with Gasteiger partial charge in [0.25, 0.3) is 0 Å². The molecule has 1 aliphatic rings. The fraction of sp³-hybridized carbons (Fsp3) is 0.250. The largest absolute Gasteiger partial charge is 0.485 e. The zero-order chi connectivity index (χ0) is 14.1. The van der Waals surface area contributed by atoms with E-state index < -0.39 is 4.92 Å². The molecule has 0 spiro atoms. The Bertz CT molecular complexity index is 641. The monoisotopic (exact) mass is 339 g/mol. The molecule has 3 rings (SSSR count). The predicted octanol–water partition coefficient (Wildman–Crippen LogP) is 2.39. The molecule has 0 aliphatic carbocycles. The van der Waals surface area contributed by atoms with Crippen LogP contribution in [0.5, 0.6) is 11.8 Å². The van der Waals surface area contributed by atoms with Crippen molar-refractivity contribution in [2.75, 3.05) is 6.61 Å². The van der Waals surface area contributed by atoms with Gasteiger partial charge in [-0.3, -0.25) is 4.57 Å². The Kier molecular flexibility index (Phi) is 3.31. The van der Waals surface area contributed by atoms with Gasteiger partial charge < -0.3 is 19.6 Å². The molecule has 1 aliphatic heterocycles. The Morgan fingerprint density at radius 3 is 2.90 bits per heavy atom. The molecule has 1 aromatic heterocycles. The van der Waals surface area contributed by atoms with Crippen LogP contribution in [-0.2, 0) is 6.54 Å². The summed E-state index contributed by atoms with van der Waals surface area (Å²) < 4.78 is 13.7. The molecule has 0 saturated carbocycles. The average molecular weight is 340 g/mol. The second-order valence-electron chi connectivity index (χ2n) is 4.30. The highest BCUT2D eigenvalue weighted by Gasteiger charge is 2.28. The number of aromatic nitrogens is 2. The third kappa shape index (κ3) is 2.60. The van der Waals surface area contributed by atoms with E-state index in [-0.39, 0.29) is 17.9 Å². The van der Waals surface area contributed by atoms with Crippen molar-refractivity contribution in [1.82, 2.24) is 9.55 Å². The van der Waals surface area contributed by atoms with Crippen molar-refractivity contribution >= 4 is 21.7 Å². The highest BCUT2D eigenvalue weighted by molar-refractivity contribution is 9.10. The van der Waals surface area contributed by atoms with Crippen molar-refractivity contribution in [2.24, 2.45) is 0 Å². The van der Waals surface area contributed by atoms with Crippen LogP contribution in [0.3, 0.4) is 0 Å². The predicted molar refractivity (Wildman–Crippen MR) is 72.9 cm³/mol. The number of benzene rings is 1. The van der Waals surface area contributed by atoms with E-state index in [1.165, 1.54) is 6.20 Å². The van der Waals surface area contributed by atoms with Crippen molar-refractivity contribution in [1.29, 1.82) is 0 Å². The van der Waals surface area contributed by atoms with Gasteiger partial charge in [0.15, 0.2) is 6.10 Å². The first-order valence-corrected chi connectivity index (χ1v) is 6.68. The summed E-state index contributed by atoms with van der Waals surface area (Å²) in [5, 5.41) is 10.7. The van der Waals surface area contributed by atoms with Crippen LogP contribution in [0, 0.1) is 10.1 Å². The average Bonchev–Trinajstić information content (AvgIpc) is 2.85. The smallest absolute Gasteiger partial charge is 0.414 e. The topological polar surface area (TPSA) is 79.4 Å². The van der Waals surface area contributed by atoms with Crippen LogP contribution >= 0.6 is 15.9 Å². The van der Waals surface area contributed by atoms with Crippen LogP contribution in [0.1, 0.15) is 0 Å². The Balaban J connectivity index is 1.72. The lowest BCUT2D eigenvalue weighted by Crippen LogP contribution is -2.34. The Morgan fingerprint density at radius 2 is 2.20 bits per heavy atom. The number of nitro groups is 1. The number of imidazole rings is 1. The van der Waals surface area contributed by atoms with E-state index >= 15 is 0 Å². The molecule has 0 radical (unpaired) electrons. The first-order chi connectivity index (χ1) is 9.61. The van der Waals surface area contributed by atoms with Gasteiger partial charge in [-0.15, -0.1) is 0 Å². The third-order valence-electron chi connectivity index (χ3n) is 2.83. The minimum absolute atomic E-state index is 0.211. The van der Waals surface area contributed by atoms with E-state index in [0.717, 1.165) is 10.2 Å². The van der Waals surface area contributed by atoms with Gasteiger partial charge in [0.05, 0.1) is 6.54 Å². The number of fused-ring (bicyclic) bond motifs is 1. The fourth-order valence-corrected chi connectivity index (χ4v) is 2.20. The fourth-order valence-electron chi connectivity index (χ4n) is 1.94. The lowest BCUT2D eigenvalue weighted by atomic mass is 10.3. The second kappa shape index (κ2) is 5.12. The number of ether oxygens (including phenoxy) is 2. The van der Waals surface area contributed by atoms with Crippen LogP contribution in [0.25, 0.3) is 0 Å². The first-order valence-electron chi connectivity index (χ1n) is 5.88. The number of rotatable bonds is 3. The van der Waals surface area contributed by atoms with Crippen LogP contribution in [0.2, 0.25) is 0 Å². The summed E-state index contributed by atoms with van der Waals surface area (Å²) in [6.45, 7) is 0.774. The minimum atomic E-state index is -0.542. The molecule has 1 atom stereocenters. The molecule has 0 saturated heterocycles. The molecule has 0 N–H and O–H groups in total. The summed E-state index contributed by atoms with van der Waals surface area (Å²) in [7, 11) is 0.